The lowest BCUT2D eigenvalue weighted by molar-refractivity contribution is 0.585. The quantitative estimate of drug-likeness (QED) is 0.924. The summed E-state index contributed by atoms with van der Waals surface area (Å²) in [4.78, 5) is 9.99. The van der Waals surface area contributed by atoms with Crippen LogP contribution < -0.4 is 5.32 Å². The normalized spacial score (nSPS) is 11.9. The smallest absolute Gasteiger partial charge is 0.0981 e. The van der Waals surface area contributed by atoms with Crippen molar-refractivity contribution in [1.29, 1.82) is 0 Å². The van der Waals surface area contributed by atoms with Crippen LogP contribution in [0.15, 0.2) is 17.1 Å². The molecule has 0 saturated heterocycles. The minimum atomic E-state index is 0.151. The minimum Gasteiger partial charge on any atom is -0.306 e. The number of thiazole rings is 2. The number of hydrogen-bond donors (Lipinski definition) is 1. The monoisotopic (exact) mass is 267 g/mol. The molecule has 2 heterocycles. The van der Waals surface area contributed by atoms with Crippen LogP contribution in [0.3, 0.4) is 0 Å². The highest BCUT2D eigenvalue weighted by Crippen LogP contribution is 2.26. The van der Waals surface area contributed by atoms with Gasteiger partial charge in [0.05, 0.1) is 16.2 Å². The van der Waals surface area contributed by atoms with Crippen molar-refractivity contribution >= 4 is 22.7 Å². The maximum Gasteiger partial charge on any atom is 0.0981 e. The average Bonchev–Trinajstić information content (AvgIpc) is 2.86. The Bertz CT molecular complexity index is 454. The zero-order valence-corrected chi connectivity index (χ0v) is 12.0. The van der Waals surface area contributed by atoms with E-state index in [-0.39, 0.29) is 5.41 Å². The van der Waals surface area contributed by atoms with Crippen molar-refractivity contribution < 1.29 is 0 Å². The number of nitrogens with one attached hydrogen (secondary N) is 1. The third-order valence-electron chi connectivity index (χ3n) is 2.28. The van der Waals surface area contributed by atoms with Gasteiger partial charge in [0, 0.05) is 35.0 Å². The lowest BCUT2D eigenvalue weighted by Gasteiger charge is -2.13. The molecule has 0 atom stereocenters. The fourth-order valence-electron chi connectivity index (χ4n) is 1.37. The zero-order chi connectivity index (χ0) is 12.3. The van der Waals surface area contributed by atoms with Gasteiger partial charge in [-0.2, -0.15) is 0 Å². The number of aromatic nitrogens is 2. The van der Waals surface area contributed by atoms with E-state index in [2.05, 4.69) is 41.4 Å². The fraction of sp³-hybridized carbons (Fsp3) is 0.500. The summed E-state index contributed by atoms with van der Waals surface area (Å²) in [6.45, 7) is 8.27. The molecule has 17 heavy (non-hydrogen) atoms. The van der Waals surface area contributed by atoms with Crippen LogP contribution in [0.1, 0.15) is 36.3 Å². The minimum absolute atomic E-state index is 0.151. The molecule has 0 bridgehead atoms. The lowest BCUT2D eigenvalue weighted by Crippen LogP contribution is -2.12. The van der Waals surface area contributed by atoms with Gasteiger partial charge in [0.25, 0.3) is 0 Å². The van der Waals surface area contributed by atoms with Crippen LogP contribution in [0.2, 0.25) is 0 Å². The van der Waals surface area contributed by atoms with Crippen LogP contribution >= 0.6 is 22.7 Å². The van der Waals surface area contributed by atoms with E-state index in [9.17, 15) is 0 Å². The summed E-state index contributed by atoms with van der Waals surface area (Å²) in [7, 11) is 0. The summed E-state index contributed by atoms with van der Waals surface area (Å²) in [5, 5.41) is 6.65. The van der Waals surface area contributed by atoms with E-state index in [0.717, 1.165) is 18.8 Å². The molecule has 0 aromatic carbocycles. The van der Waals surface area contributed by atoms with Crippen LogP contribution in [-0.2, 0) is 18.5 Å². The molecule has 0 saturated carbocycles. The maximum absolute atomic E-state index is 4.47. The molecule has 0 aliphatic heterocycles. The second kappa shape index (κ2) is 5.25. The predicted molar refractivity (Wildman–Crippen MR) is 73.5 cm³/mol. The van der Waals surface area contributed by atoms with Gasteiger partial charge < -0.3 is 5.32 Å². The Balaban J connectivity index is 1.85. The molecule has 92 valence electrons. The highest BCUT2D eigenvalue weighted by molar-refractivity contribution is 7.11. The molecule has 2 rings (SSSR count). The number of rotatable bonds is 4. The van der Waals surface area contributed by atoms with Crippen molar-refractivity contribution in [2.24, 2.45) is 0 Å². The average molecular weight is 267 g/mol. The summed E-state index contributed by atoms with van der Waals surface area (Å²) in [5.41, 5.74) is 3.12. The molecular formula is C12H17N3S2. The molecule has 0 aliphatic rings. The fourth-order valence-corrected chi connectivity index (χ4v) is 2.87. The van der Waals surface area contributed by atoms with Crippen LogP contribution in [0.4, 0.5) is 0 Å². The molecule has 0 spiro atoms. The first kappa shape index (κ1) is 12.7. The van der Waals surface area contributed by atoms with Gasteiger partial charge in [0.15, 0.2) is 0 Å². The molecule has 0 fully saturated rings. The van der Waals surface area contributed by atoms with Gasteiger partial charge in [-0.3, -0.25) is 0 Å². The second-order valence-electron chi connectivity index (χ2n) is 4.97. The summed E-state index contributed by atoms with van der Waals surface area (Å²) < 4.78 is 0. The highest BCUT2D eigenvalue weighted by atomic mass is 32.1. The Labute approximate surface area is 110 Å². The predicted octanol–water partition coefficient (Wildman–Crippen LogP) is 3.19. The largest absolute Gasteiger partial charge is 0.306 e. The van der Waals surface area contributed by atoms with Gasteiger partial charge in [-0.1, -0.05) is 20.8 Å². The molecule has 0 unspecified atom stereocenters. The third kappa shape index (κ3) is 3.59. The molecule has 0 radical (unpaired) electrons. The van der Waals surface area contributed by atoms with Gasteiger partial charge in [-0.15, -0.1) is 22.7 Å². The Hall–Kier alpha value is -0.780. The van der Waals surface area contributed by atoms with Crippen LogP contribution in [0, 0.1) is 0 Å². The van der Waals surface area contributed by atoms with Gasteiger partial charge in [0.1, 0.15) is 0 Å². The molecule has 2 aromatic heterocycles. The van der Waals surface area contributed by atoms with Crippen molar-refractivity contribution in [3.63, 3.8) is 0 Å². The van der Waals surface area contributed by atoms with Crippen molar-refractivity contribution in [3.05, 3.63) is 32.7 Å². The molecule has 1 N–H and O–H groups in total. The standard InChI is InChI=1S/C12H17N3S2/c1-12(2,3)11-14-6-10(17-11)5-13-4-9-7-16-8-15-9/h6-8,13H,4-5H2,1-3H3. The highest BCUT2D eigenvalue weighted by Gasteiger charge is 2.17. The van der Waals surface area contributed by atoms with E-state index < -0.39 is 0 Å². The molecule has 2 aromatic rings. The lowest BCUT2D eigenvalue weighted by atomic mass is 9.98. The topological polar surface area (TPSA) is 37.8 Å². The Kier molecular flexibility index (Phi) is 3.91. The molecule has 3 nitrogen and oxygen atoms in total. The second-order valence-corrected chi connectivity index (χ2v) is 6.80. The van der Waals surface area contributed by atoms with Crippen molar-refractivity contribution in [1.82, 2.24) is 15.3 Å². The molecule has 0 aliphatic carbocycles. The van der Waals surface area contributed by atoms with Crippen molar-refractivity contribution in [2.75, 3.05) is 0 Å². The molecule has 0 amide bonds. The van der Waals surface area contributed by atoms with Crippen molar-refractivity contribution in [3.8, 4) is 0 Å². The number of nitrogens with zero attached hydrogens (tertiary/aromatic N) is 2. The zero-order valence-electron chi connectivity index (χ0n) is 10.4. The van der Waals surface area contributed by atoms with Gasteiger partial charge >= 0.3 is 0 Å². The number of hydrogen-bond acceptors (Lipinski definition) is 5. The van der Waals surface area contributed by atoms with Crippen LogP contribution in [0.25, 0.3) is 0 Å². The van der Waals surface area contributed by atoms with Gasteiger partial charge in [0.2, 0.25) is 0 Å². The summed E-state index contributed by atoms with van der Waals surface area (Å²) in [6.07, 6.45) is 1.97. The van der Waals surface area contributed by atoms with E-state index >= 15 is 0 Å². The van der Waals surface area contributed by atoms with Crippen LogP contribution in [-0.4, -0.2) is 9.97 Å². The van der Waals surface area contributed by atoms with E-state index in [1.165, 1.54) is 9.88 Å². The van der Waals surface area contributed by atoms with E-state index in [1.807, 2.05) is 11.7 Å². The Morgan fingerprint density at radius 3 is 2.65 bits per heavy atom. The first-order valence-corrected chi connectivity index (χ1v) is 7.34. The summed E-state index contributed by atoms with van der Waals surface area (Å²) in [6, 6.07) is 0. The SMILES string of the molecule is CC(C)(C)c1ncc(CNCc2cscn2)s1. The molecular weight excluding hydrogens is 250 g/mol. The Morgan fingerprint density at radius 1 is 1.24 bits per heavy atom. The first-order chi connectivity index (χ1) is 8.05. The summed E-state index contributed by atoms with van der Waals surface area (Å²) in [5.74, 6) is 0. The maximum atomic E-state index is 4.47. The Morgan fingerprint density at radius 2 is 2.06 bits per heavy atom. The third-order valence-corrected chi connectivity index (χ3v) is 4.34. The van der Waals surface area contributed by atoms with E-state index in [4.69, 9.17) is 0 Å². The molecule has 5 heteroatoms. The van der Waals surface area contributed by atoms with Gasteiger partial charge in [-0.25, -0.2) is 9.97 Å². The van der Waals surface area contributed by atoms with Crippen molar-refractivity contribution in [2.45, 2.75) is 39.3 Å². The van der Waals surface area contributed by atoms with E-state index in [0.29, 0.717) is 0 Å². The first-order valence-electron chi connectivity index (χ1n) is 5.58. The summed E-state index contributed by atoms with van der Waals surface area (Å²) >= 11 is 3.42. The van der Waals surface area contributed by atoms with Gasteiger partial charge in [-0.05, 0) is 0 Å². The van der Waals surface area contributed by atoms with E-state index in [1.54, 1.807) is 22.7 Å². The van der Waals surface area contributed by atoms with Crippen LogP contribution in [0.5, 0.6) is 0 Å².